The number of rotatable bonds is 25. The second-order valence-electron chi connectivity index (χ2n) is 10.1. The van der Waals surface area contributed by atoms with Crippen molar-refractivity contribution in [3.8, 4) is 0 Å². The van der Waals surface area contributed by atoms with E-state index < -0.39 is 0 Å². The molecular formula is C29H60. The fourth-order valence-electron chi connectivity index (χ4n) is 4.64. The van der Waals surface area contributed by atoms with Crippen LogP contribution in [-0.2, 0) is 0 Å². The summed E-state index contributed by atoms with van der Waals surface area (Å²) in [7, 11) is 0. The highest BCUT2D eigenvalue weighted by Crippen LogP contribution is 2.18. The van der Waals surface area contributed by atoms with Gasteiger partial charge in [0.2, 0.25) is 0 Å². The molecule has 1 atom stereocenters. The molecule has 0 spiro atoms. The standard InChI is InChI=1S/C29H60/c1-4-6-8-9-10-11-12-13-14-15-16-17-18-19-20-21-22-23-24-26-28-29(3)27-25-7-5-2/h29H,4-28H2,1-3H3. The molecule has 0 bridgehead atoms. The molecule has 0 nitrogen and oxygen atoms in total. The Balaban J connectivity index is 3.05. The molecule has 0 saturated heterocycles. The van der Waals surface area contributed by atoms with Crippen LogP contribution in [-0.4, -0.2) is 0 Å². The summed E-state index contributed by atoms with van der Waals surface area (Å²) in [5, 5.41) is 0. The molecule has 0 N–H and O–H groups in total. The molecule has 0 fully saturated rings. The maximum Gasteiger partial charge on any atom is -0.0443 e. The van der Waals surface area contributed by atoms with Crippen molar-refractivity contribution in [2.45, 2.75) is 181 Å². The van der Waals surface area contributed by atoms with E-state index in [9.17, 15) is 0 Å². The lowest BCUT2D eigenvalue weighted by atomic mass is 9.96. The van der Waals surface area contributed by atoms with Crippen LogP contribution in [0.25, 0.3) is 0 Å². The van der Waals surface area contributed by atoms with Crippen LogP contribution in [0.4, 0.5) is 0 Å². The van der Waals surface area contributed by atoms with Gasteiger partial charge in [-0.3, -0.25) is 0 Å². The molecule has 0 rings (SSSR count). The predicted octanol–water partition coefficient (Wildman–Crippen LogP) is 11.4. The fourth-order valence-corrected chi connectivity index (χ4v) is 4.64. The second kappa shape index (κ2) is 26.0. The molecule has 1 unspecified atom stereocenters. The quantitative estimate of drug-likeness (QED) is 0.132. The zero-order valence-electron chi connectivity index (χ0n) is 21.3. The molecule has 0 aliphatic carbocycles. The van der Waals surface area contributed by atoms with Gasteiger partial charge in [-0.05, 0) is 5.92 Å². The molecule has 0 aromatic heterocycles. The first kappa shape index (κ1) is 29.0. The van der Waals surface area contributed by atoms with Gasteiger partial charge in [0, 0.05) is 0 Å². The molecule has 0 aliphatic rings. The largest absolute Gasteiger partial charge is 0.0654 e. The van der Waals surface area contributed by atoms with Crippen molar-refractivity contribution in [3.63, 3.8) is 0 Å². The summed E-state index contributed by atoms with van der Waals surface area (Å²) in [6, 6.07) is 0. The van der Waals surface area contributed by atoms with Crippen LogP contribution >= 0.6 is 0 Å². The zero-order valence-corrected chi connectivity index (χ0v) is 21.3. The van der Waals surface area contributed by atoms with Crippen LogP contribution in [0.1, 0.15) is 181 Å². The van der Waals surface area contributed by atoms with E-state index in [1.54, 1.807) is 0 Å². The van der Waals surface area contributed by atoms with Crippen LogP contribution in [0.15, 0.2) is 0 Å². The van der Waals surface area contributed by atoms with Crippen molar-refractivity contribution in [2.75, 3.05) is 0 Å². The fraction of sp³-hybridized carbons (Fsp3) is 1.00. The summed E-state index contributed by atoms with van der Waals surface area (Å²) >= 11 is 0. The first-order valence-electron chi connectivity index (χ1n) is 14.3. The second-order valence-corrected chi connectivity index (χ2v) is 10.1. The molecule has 0 aromatic carbocycles. The van der Waals surface area contributed by atoms with Gasteiger partial charge in [-0.15, -0.1) is 0 Å². The van der Waals surface area contributed by atoms with Gasteiger partial charge in [0.15, 0.2) is 0 Å². The lowest BCUT2D eigenvalue weighted by molar-refractivity contribution is 0.435. The SMILES string of the molecule is CCCCCCCCCCCCCCCCCCCCCCC(C)CCCCC. The van der Waals surface area contributed by atoms with Gasteiger partial charge >= 0.3 is 0 Å². The van der Waals surface area contributed by atoms with Crippen LogP contribution < -0.4 is 0 Å². The number of unbranched alkanes of at least 4 members (excludes halogenated alkanes) is 21. The molecular weight excluding hydrogens is 348 g/mol. The highest BCUT2D eigenvalue weighted by molar-refractivity contribution is 4.55. The predicted molar refractivity (Wildman–Crippen MR) is 136 cm³/mol. The van der Waals surface area contributed by atoms with Gasteiger partial charge in [-0.2, -0.15) is 0 Å². The van der Waals surface area contributed by atoms with Gasteiger partial charge in [-0.1, -0.05) is 181 Å². The summed E-state index contributed by atoms with van der Waals surface area (Å²) in [6.07, 6.45) is 36.8. The Morgan fingerprint density at radius 2 is 0.517 bits per heavy atom. The van der Waals surface area contributed by atoms with E-state index in [1.165, 1.54) is 161 Å². The minimum absolute atomic E-state index is 0.970. The van der Waals surface area contributed by atoms with E-state index in [2.05, 4.69) is 20.8 Å². The van der Waals surface area contributed by atoms with Crippen LogP contribution in [0, 0.1) is 5.92 Å². The summed E-state index contributed by atoms with van der Waals surface area (Å²) in [6.45, 7) is 7.08. The third kappa shape index (κ3) is 26.0. The summed E-state index contributed by atoms with van der Waals surface area (Å²) in [4.78, 5) is 0. The first-order valence-corrected chi connectivity index (χ1v) is 14.3. The van der Waals surface area contributed by atoms with E-state index in [0.29, 0.717) is 0 Å². The van der Waals surface area contributed by atoms with Crippen molar-refractivity contribution in [3.05, 3.63) is 0 Å². The Morgan fingerprint density at radius 1 is 0.310 bits per heavy atom. The van der Waals surface area contributed by atoms with Crippen molar-refractivity contribution >= 4 is 0 Å². The van der Waals surface area contributed by atoms with Crippen molar-refractivity contribution < 1.29 is 0 Å². The Hall–Kier alpha value is 0. The highest BCUT2D eigenvalue weighted by Gasteiger charge is 2.01. The maximum absolute atomic E-state index is 2.46. The Kier molecular flexibility index (Phi) is 26.0. The first-order chi connectivity index (χ1) is 14.3. The molecule has 0 amide bonds. The van der Waals surface area contributed by atoms with Crippen LogP contribution in [0.3, 0.4) is 0 Å². The Morgan fingerprint density at radius 3 is 0.828 bits per heavy atom. The minimum Gasteiger partial charge on any atom is -0.0654 e. The van der Waals surface area contributed by atoms with E-state index in [1.807, 2.05) is 0 Å². The smallest absolute Gasteiger partial charge is 0.0443 e. The van der Waals surface area contributed by atoms with E-state index >= 15 is 0 Å². The summed E-state index contributed by atoms with van der Waals surface area (Å²) in [5.74, 6) is 0.970. The molecule has 176 valence electrons. The minimum atomic E-state index is 0.970. The third-order valence-corrected chi connectivity index (χ3v) is 6.85. The van der Waals surface area contributed by atoms with Gasteiger partial charge in [0.1, 0.15) is 0 Å². The van der Waals surface area contributed by atoms with Crippen LogP contribution in [0.2, 0.25) is 0 Å². The lowest BCUT2D eigenvalue weighted by Gasteiger charge is -2.10. The number of hydrogen-bond acceptors (Lipinski definition) is 0. The molecule has 0 aliphatic heterocycles. The summed E-state index contributed by atoms with van der Waals surface area (Å²) < 4.78 is 0. The average molecular weight is 409 g/mol. The lowest BCUT2D eigenvalue weighted by Crippen LogP contribution is -1.94. The van der Waals surface area contributed by atoms with Gasteiger partial charge in [0.05, 0.1) is 0 Å². The highest BCUT2D eigenvalue weighted by atomic mass is 14.1. The Bertz CT molecular complexity index is 269. The third-order valence-electron chi connectivity index (χ3n) is 6.85. The topological polar surface area (TPSA) is 0 Å². The normalized spacial score (nSPS) is 12.5. The van der Waals surface area contributed by atoms with Crippen molar-refractivity contribution in [2.24, 2.45) is 5.92 Å². The molecule has 0 heterocycles. The molecule has 0 aromatic rings. The number of hydrogen-bond donors (Lipinski definition) is 0. The summed E-state index contributed by atoms with van der Waals surface area (Å²) in [5.41, 5.74) is 0. The monoisotopic (exact) mass is 408 g/mol. The molecule has 0 radical (unpaired) electrons. The van der Waals surface area contributed by atoms with E-state index in [4.69, 9.17) is 0 Å². The molecule has 29 heavy (non-hydrogen) atoms. The molecule has 0 heteroatoms. The van der Waals surface area contributed by atoms with E-state index in [-0.39, 0.29) is 0 Å². The van der Waals surface area contributed by atoms with Crippen LogP contribution in [0.5, 0.6) is 0 Å². The average Bonchev–Trinajstić information content (AvgIpc) is 2.72. The van der Waals surface area contributed by atoms with Crippen molar-refractivity contribution in [1.29, 1.82) is 0 Å². The maximum atomic E-state index is 2.46. The molecule has 0 saturated carbocycles. The van der Waals surface area contributed by atoms with Gasteiger partial charge in [0.25, 0.3) is 0 Å². The zero-order chi connectivity index (χ0) is 21.3. The van der Waals surface area contributed by atoms with Crippen molar-refractivity contribution in [1.82, 2.24) is 0 Å². The van der Waals surface area contributed by atoms with Gasteiger partial charge in [-0.25, -0.2) is 0 Å². The van der Waals surface area contributed by atoms with Gasteiger partial charge < -0.3 is 0 Å². The van der Waals surface area contributed by atoms with E-state index in [0.717, 1.165) is 5.92 Å². The Labute approximate surface area is 187 Å².